The maximum atomic E-state index is 13.0. The number of non-ortho nitro benzene ring substituents is 1. The fourth-order valence-electron chi connectivity index (χ4n) is 3.96. The average Bonchev–Trinajstić information content (AvgIpc) is 3.46. The first-order chi connectivity index (χ1) is 16.9. The normalized spacial score (nSPS) is 13.0. The Bertz CT molecular complexity index is 1380. The largest absolute Gasteiger partial charge is 0.462 e. The van der Waals surface area contributed by atoms with E-state index in [0.717, 1.165) is 36.1 Å². The van der Waals surface area contributed by atoms with E-state index >= 15 is 0 Å². The monoisotopic (exact) mass is 491 g/mol. The summed E-state index contributed by atoms with van der Waals surface area (Å²) in [7, 11) is 0. The molecule has 0 atom stereocenters. The van der Waals surface area contributed by atoms with Gasteiger partial charge in [0.25, 0.3) is 11.6 Å². The number of anilines is 1. The summed E-state index contributed by atoms with van der Waals surface area (Å²) in [6, 6.07) is 7.83. The Hall–Kier alpha value is -4.30. The van der Waals surface area contributed by atoms with Gasteiger partial charge in [0, 0.05) is 28.1 Å². The Morgan fingerprint density at radius 1 is 1.37 bits per heavy atom. The lowest BCUT2D eigenvalue weighted by Gasteiger charge is -2.12. The first kappa shape index (κ1) is 23.8. The molecule has 1 aromatic carbocycles. The van der Waals surface area contributed by atoms with E-state index in [9.17, 15) is 25.0 Å². The van der Waals surface area contributed by atoms with Crippen LogP contribution < -0.4 is 5.32 Å². The van der Waals surface area contributed by atoms with Crippen molar-refractivity contribution >= 4 is 40.0 Å². The number of ether oxygens (including phenoxy) is 1. The lowest BCUT2D eigenvalue weighted by Crippen LogP contribution is -2.16. The van der Waals surface area contributed by atoms with Crippen LogP contribution in [0.2, 0.25) is 0 Å². The summed E-state index contributed by atoms with van der Waals surface area (Å²) < 4.78 is 5.21. The quantitative estimate of drug-likeness (QED) is 0.160. The standard InChI is InChI=1S/C24H21N5O5S/c1-2-34-24(31)20-18-8-3-4-9-19(18)35-23(20)27-22(30)15(12-25)10-16-13-26-28-21(16)14-6-5-7-17(11-14)29(32)33/h5-7,10-11,13H,2-4,8-9H2,1H3,(H,26,28)(H,27,30). The number of nitro benzene ring substituents is 1. The third kappa shape index (κ3) is 4.97. The third-order valence-electron chi connectivity index (χ3n) is 5.56. The number of nitrogens with one attached hydrogen (secondary N) is 2. The molecule has 10 nitrogen and oxygen atoms in total. The van der Waals surface area contributed by atoms with E-state index in [2.05, 4.69) is 15.5 Å². The molecule has 2 N–H and O–H groups in total. The summed E-state index contributed by atoms with van der Waals surface area (Å²) in [5, 5.41) is 30.6. The van der Waals surface area contributed by atoms with Gasteiger partial charge in [-0.2, -0.15) is 10.4 Å². The lowest BCUT2D eigenvalue weighted by molar-refractivity contribution is -0.384. The average molecular weight is 492 g/mol. The molecule has 1 aliphatic rings. The number of H-pyrrole nitrogens is 1. The SMILES string of the molecule is CCOC(=O)c1c(NC(=O)C(C#N)=Cc2cn[nH]c2-c2cccc([N+](=O)[O-])c2)sc2c1CCCC2. The Balaban J connectivity index is 1.65. The van der Waals surface area contributed by atoms with Crippen LogP contribution in [0.4, 0.5) is 10.7 Å². The smallest absolute Gasteiger partial charge is 0.341 e. The summed E-state index contributed by atoms with van der Waals surface area (Å²) in [6.07, 6.45) is 6.29. The molecule has 35 heavy (non-hydrogen) atoms. The Morgan fingerprint density at radius 3 is 2.91 bits per heavy atom. The van der Waals surface area contributed by atoms with Crippen LogP contribution in [-0.4, -0.2) is 33.6 Å². The zero-order chi connectivity index (χ0) is 24.9. The summed E-state index contributed by atoms with van der Waals surface area (Å²) >= 11 is 1.33. The van der Waals surface area contributed by atoms with Gasteiger partial charge in [-0.1, -0.05) is 12.1 Å². The molecule has 0 spiro atoms. The lowest BCUT2D eigenvalue weighted by atomic mass is 9.95. The molecule has 0 bridgehead atoms. The molecule has 0 saturated heterocycles. The minimum Gasteiger partial charge on any atom is -0.462 e. The molecule has 1 aliphatic carbocycles. The number of carbonyl (C=O) groups excluding carboxylic acids is 2. The second-order valence-electron chi connectivity index (χ2n) is 7.77. The number of aromatic nitrogens is 2. The molecule has 11 heteroatoms. The first-order valence-electron chi connectivity index (χ1n) is 11.0. The number of hydrogen-bond acceptors (Lipinski definition) is 8. The molecular formula is C24H21N5O5S. The van der Waals surface area contributed by atoms with E-state index in [1.807, 2.05) is 6.07 Å². The number of carbonyl (C=O) groups is 2. The highest BCUT2D eigenvalue weighted by Crippen LogP contribution is 2.39. The Morgan fingerprint density at radius 2 is 2.17 bits per heavy atom. The van der Waals surface area contributed by atoms with Crippen LogP contribution >= 0.6 is 11.3 Å². The van der Waals surface area contributed by atoms with Gasteiger partial charge in [-0.25, -0.2) is 4.79 Å². The van der Waals surface area contributed by atoms with E-state index in [-0.39, 0.29) is 17.9 Å². The van der Waals surface area contributed by atoms with Gasteiger partial charge < -0.3 is 10.1 Å². The second-order valence-corrected chi connectivity index (χ2v) is 8.87. The van der Waals surface area contributed by atoms with Gasteiger partial charge in [0.2, 0.25) is 0 Å². The van der Waals surface area contributed by atoms with E-state index in [1.54, 1.807) is 13.0 Å². The van der Waals surface area contributed by atoms with Gasteiger partial charge in [-0.3, -0.25) is 20.0 Å². The number of rotatable bonds is 7. The fourth-order valence-corrected chi connectivity index (χ4v) is 5.23. The van der Waals surface area contributed by atoms with Crippen LogP contribution in [-0.2, 0) is 22.4 Å². The number of fused-ring (bicyclic) bond motifs is 1. The Kier molecular flexibility index (Phi) is 7.03. The summed E-state index contributed by atoms with van der Waals surface area (Å²) in [4.78, 5) is 37.3. The number of nitro groups is 1. The van der Waals surface area contributed by atoms with Crippen molar-refractivity contribution in [2.45, 2.75) is 32.6 Å². The number of benzene rings is 1. The van der Waals surface area contributed by atoms with Crippen molar-refractivity contribution in [3.8, 4) is 17.3 Å². The maximum Gasteiger partial charge on any atom is 0.341 e. The minimum atomic E-state index is -0.678. The topological polar surface area (TPSA) is 151 Å². The van der Waals surface area contributed by atoms with Crippen molar-refractivity contribution in [2.75, 3.05) is 11.9 Å². The Labute approximate surface area is 204 Å². The molecule has 0 saturated carbocycles. The van der Waals surface area contributed by atoms with Crippen molar-refractivity contribution in [3.63, 3.8) is 0 Å². The molecule has 0 radical (unpaired) electrons. The van der Waals surface area contributed by atoms with Gasteiger partial charge >= 0.3 is 5.97 Å². The molecular weight excluding hydrogens is 470 g/mol. The summed E-state index contributed by atoms with van der Waals surface area (Å²) in [5.74, 6) is -1.17. The van der Waals surface area contributed by atoms with E-state index in [4.69, 9.17) is 4.74 Å². The molecule has 3 aromatic rings. The molecule has 2 aromatic heterocycles. The van der Waals surface area contributed by atoms with E-state index in [1.165, 1.54) is 41.8 Å². The molecule has 1 amide bonds. The van der Waals surface area contributed by atoms with Crippen LogP contribution in [0, 0.1) is 21.4 Å². The van der Waals surface area contributed by atoms with Crippen molar-refractivity contribution in [2.24, 2.45) is 0 Å². The van der Waals surface area contributed by atoms with Crippen molar-refractivity contribution in [3.05, 3.63) is 67.7 Å². The van der Waals surface area contributed by atoms with Crippen molar-refractivity contribution in [1.29, 1.82) is 5.26 Å². The highest BCUT2D eigenvalue weighted by molar-refractivity contribution is 7.17. The van der Waals surface area contributed by atoms with Crippen LogP contribution in [0.5, 0.6) is 0 Å². The van der Waals surface area contributed by atoms with Crippen molar-refractivity contribution in [1.82, 2.24) is 10.2 Å². The predicted molar refractivity (Wildman–Crippen MR) is 130 cm³/mol. The molecule has 0 unspecified atom stereocenters. The maximum absolute atomic E-state index is 13.0. The van der Waals surface area contributed by atoms with Crippen molar-refractivity contribution < 1.29 is 19.2 Å². The fraction of sp³-hybridized carbons (Fsp3) is 0.250. The predicted octanol–water partition coefficient (Wildman–Crippen LogP) is 4.65. The van der Waals surface area contributed by atoms with E-state index in [0.29, 0.717) is 27.4 Å². The molecule has 0 aliphatic heterocycles. The number of amides is 1. The highest BCUT2D eigenvalue weighted by Gasteiger charge is 2.28. The van der Waals surface area contributed by atoms with Gasteiger partial charge in [0.05, 0.1) is 29.0 Å². The number of esters is 1. The summed E-state index contributed by atoms with van der Waals surface area (Å²) in [6.45, 7) is 1.93. The zero-order valence-electron chi connectivity index (χ0n) is 18.8. The number of nitrogens with zero attached hydrogens (tertiary/aromatic N) is 3. The van der Waals surface area contributed by atoms with Crippen LogP contribution in [0.3, 0.4) is 0 Å². The summed E-state index contributed by atoms with van der Waals surface area (Å²) in [5.41, 5.74) is 2.27. The molecule has 0 fully saturated rings. The number of aromatic amines is 1. The number of nitriles is 1. The number of hydrogen-bond donors (Lipinski definition) is 2. The molecule has 4 rings (SSSR count). The second kappa shape index (κ2) is 10.3. The third-order valence-corrected chi connectivity index (χ3v) is 6.76. The van der Waals surface area contributed by atoms with Gasteiger partial charge in [-0.15, -0.1) is 11.3 Å². The highest BCUT2D eigenvalue weighted by atomic mass is 32.1. The van der Waals surface area contributed by atoms with Crippen LogP contribution in [0.1, 0.15) is 46.1 Å². The van der Waals surface area contributed by atoms with Crippen LogP contribution in [0.15, 0.2) is 36.0 Å². The molecule has 178 valence electrons. The number of thiophene rings is 1. The van der Waals surface area contributed by atoms with Gasteiger partial charge in [0.15, 0.2) is 0 Å². The number of aryl methyl sites for hydroxylation is 1. The van der Waals surface area contributed by atoms with Gasteiger partial charge in [0.1, 0.15) is 16.6 Å². The van der Waals surface area contributed by atoms with Gasteiger partial charge in [-0.05, 0) is 44.2 Å². The first-order valence-corrected chi connectivity index (χ1v) is 11.8. The van der Waals surface area contributed by atoms with Crippen LogP contribution in [0.25, 0.3) is 17.3 Å². The molecule has 2 heterocycles. The zero-order valence-corrected chi connectivity index (χ0v) is 19.6. The van der Waals surface area contributed by atoms with E-state index < -0.39 is 16.8 Å². The minimum absolute atomic E-state index is 0.0987.